The fourth-order valence-corrected chi connectivity index (χ4v) is 5.22. The van der Waals surface area contributed by atoms with Crippen molar-refractivity contribution in [3.8, 4) is 11.1 Å². The first-order chi connectivity index (χ1) is 13.8. The van der Waals surface area contributed by atoms with Crippen LogP contribution in [0, 0.1) is 6.92 Å². The van der Waals surface area contributed by atoms with E-state index in [0.29, 0.717) is 24.4 Å². The van der Waals surface area contributed by atoms with Crippen LogP contribution in [-0.4, -0.2) is 31.4 Å². The normalized spacial score (nSPS) is 14.4. The molecule has 29 heavy (non-hydrogen) atoms. The molecular formula is C22H22N2O3S2. The summed E-state index contributed by atoms with van der Waals surface area (Å²) >= 11 is 1.42. The largest absolute Gasteiger partial charge is 0.321 e. The van der Waals surface area contributed by atoms with E-state index < -0.39 is 10.0 Å². The summed E-state index contributed by atoms with van der Waals surface area (Å²) in [4.78, 5) is 13.7. The lowest BCUT2D eigenvalue weighted by Gasteiger charge is -2.28. The van der Waals surface area contributed by atoms with E-state index in [2.05, 4.69) is 5.32 Å². The lowest BCUT2D eigenvalue weighted by Crippen LogP contribution is -2.35. The molecule has 7 heteroatoms. The van der Waals surface area contributed by atoms with E-state index in [9.17, 15) is 13.2 Å². The smallest absolute Gasteiger partial charge is 0.266 e. The van der Waals surface area contributed by atoms with Crippen LogP contribution < -0.4 is 5.32 Å². The van der Waals surface area contributed by atoms with Crippen molar-refractivity contribution < 1.29 is 13.2 Å². The van der Waals surface area contributed by atoms with Crippen molar-refractivity contribution in [3.63, 3.8) is 0 Å². The molecule has 0 radical (unpaired) electrons. The average Bonchev–Trinajstić information content (AvgIpc) is 3.17. The predicted molar refractivity (Wildman–Crippen MR) is 118 cm³/mol. The van der Waals surface area contributed by atoms with E-state index in [0.717, 1.165) is 27.9 Å². The number of amides is 1. The van der Waals surface area contributed by atoms with E-state index in [1.165, 1.54) is 27.5 Å². The molecule has 4 rings (SSSR count). The third-order valence-electron chi connectivity index (χ3n) is 5.18. The molecule has 0 unspecified atom stereocenters. The van der Waals surface area contributed by atoms with Crippen LogP contribution in [0.15, 0.2) is 53.9 Å². The van der Waals surface area contributed by atoms with Gasteiger partial charge in [0.2, 0.25) is 10.0 Å². The monoisotopic (exact) mass is 426 g/mol. The zero-order valence-electron chi connectivity index (χ0n) is 16.3. The SMILES string of the molecule is Cc1ccc(-c2ccsc2C(=O)Nc2cccc3c2CCN(S(C)(=O)=O)C3)cc1. The number of hydrogen-bond acceptors (Lipinski definition) is 4. The molecule has 2 aromatic carbocycles. The Morgan fingerprint density at radius 1 is 1.10 bits per heavy atom. The molecule has 0 spiro atoms. The van der Waals surface area contributed by atoms with Crippen molar-refractivity contribution in [2.45, 2.75) is 19.9 Å². The number of anilines is 1. The number of thiophene rings is 1. The Balaban J connectivity index is 1.60. The Morgan fingerprint density at radius 3 is 2.59 bits per heavy atom. The van der Waals surface area contributed by atoms with Crippen molar-refractivity contribution in [3.05, 3.63) is 75.5 Å². The van der Waals surface area contributed by atoms with E-state index in [4.69, 9.17) is 0 Å². The van der Waals surface area contributed by atoms with Gasteiger partial charge in [0.25, 0.3) is 5.91 Å². The van der Waals surface area contributed by atoms with E-state index >= 15 is 0 Å². The van der Waals surface area contributed by atoms with Gasteiger partial charge in [0.1, 0.15) is 0 Å². The molecule has 2 heterocycles. The Hall–Kier alpha value is -2.48. The molecule has 0 fully saturated rings. The average molecular weight is 427 g/mol. The summed E-state index contributed by atoms with van der Waals surface area (Å²) in [5.74, 6) is -0.144. The number of hydrogen-bond donors (Lipinski definition) is 1. The van der Waals surface area contributed by atoms with Gasteiger partial charge in [0.05, 0.1) is 11.1 Å². The van der Waals surface area contributed by atoms with Gasteiger partial charge in [-0.3, -0.25) is 4.79 Å². The van der Waals surface area contributed by atoms with Gasteiger partial charge in [-0.15, -0.1) is 11.3 Å². The summed E-state index contributed by atoms with van der Waals surface area (Å²) in [6, 6.07) is 15.8. The maximum absolute atomic E-state index is 13.0. The van der Waals surface area contributed by atoms with Crippen LogP contribution in [0.25, 0.3) is 11.1 Å². The van der Waals surface area contributed by atoms with Gasteiger partial charge >= 0.3 is 0 Å². The van der Waals surface area contributed by atoms with Crippen molar-refractivity contribution >= 4 is 33.0 Å². The number of fused-ring (bicyclic) bond motifs is 1. The van der Waals surface area contributed by atoms with Crippen LogP contribution >= 0.6 is 11.3 Å². The molecule has 0 saturated carbocycles. The first-order valence-electron chi connectivity index (χ1n) is 9.35. The highest BCUT2D eigenvalue weighted by atomic mass is 32.2. The zero-order valence-corrected chi connectivity index (χ0v) is 17.9. The highest BCUT2D eigenvalue weighted by molar-refractivity contribution is 7.88. The Labute approximate surface area is 175 Å². The van der Waals surface area contributed by atoms with Gasteiger partial charge in [-0.2, -0.15) is 4.31 Å². The van der Waals surface area contributed by atoms with Gasteiger partial charge in [-0.1, -0.05) is 42.0 Å². The molecule has 1 aromatic heterocycles. The highest BCUT2D eigenvalue weighted by Crippen LogP contribution is 2.31. The Morgan fingerprint density at radius 2 is 1.86 bits per heavy atom. The first kappa shape index (κ1) is 19.8. The van der Waals surface area contributed by atoms with Crippen LogP contribution in [0.1, 0.15) is 26.4 Å². The summed E-state index contributed by atoms with van der Waals surface area (Å²) in [7, 11) is -3.23. The molecule has 3 aromatic rings. The number of rotatable bonds is 4. The second-order valence-electron chi connectivity index (χ2n) is 7.27. The van der Waals surface area contributed by atoms with Crippen LogP contribution in [0.4, 0.5) is 5.69 Å². The Kier molecular flexibility index (Phi) is 5.29. The second kappa shape index (κ2) is 7.74. The molecule has 0 atom stereocenters. The zero-order chi connectivity index (χ0) is 20.6. The minimum absolute atomic E-state index is 0.144. The lowest BCUT2D eigenvalue weighted by atomic mass is 9.99. The lowest BCUT2D eigenvalue weighted by molar-refractivity contribution is 0.103. The quantitative estimate of drug-likeness (QED) is 0.677. The standard InChI is InChI=1S/C22H22N2O3S2/c1-15-6-8-16(9-7-15)19-11-13-28-21(19)22(25)23-20-5-3-4-17-14-24(29(2,26)27)12-10-18(17)20/h3-9,11,13H,10,12,14H2,1-2H3,(H,23,25). The molecule has 150 valence electrons. The van der Waals surface area contributed by atoms with Gasteiger partial charge in [0.15, 0.2) is 0 Å². The number of benzene rings is 2. The number of aryl methyl sites for hydroxylation is 1. The maximum atomic E-state index is 13.0. The van der Waals surface area contributed by atoms with Gasteiger partial charge in [0, 0.05) is 24.3 Å². The molecule has 1 N–H and O–H groups in total. The molecule has 1 amide bonds. The molecule has 0 bridgehead atoms. The molecule has 5 nitrogen and oxygen atoms in total. The third kappa shape index (κ3) is 4.12. The van der Waals surface area contributed by atoms with Crippen LogP contribution in [-0.2, 0) is 23.0 Å². The van der Waals surface area contributed by atoms with Gasteiger partial charge in [-0.25, -0.2) is 8.42 Å². The molecule has 0 saturated heterocycles. The summed E-state index contributed by atoms with van der Waals surface area (Å²) in [6.45, 7) is 2.80. The summed E-state index contributed by atoms with van der Waals surface area (Å²) in [5.41, 5.74) is 5.80. The van der Waals surface area contributed by atoms with Crippen molar-refractivity contribution in [2.75, 3.05) is 18.1 Å². The topological polar surface area (TPSA) is 66.5 Å². The minimum Gasteiger partial charge on any atom is -0.321 e. The summed E-state index contributed by atoms with van der Waals surface area (Å²) in [5, 5.41) is 4.98. The summed E-state index contributed by atoms with van der Waals surface area (Å²) in [6.07, 6.45) is 1.81. The number of sulfonamides is 1. The van der Waals surface area contributed by atoms with Crippen molar-refractivity contribution in [1.29, 1.82) is 0 Å². The molecule has 1 aliphatic rings. The van der Waals surface area contributed by atoms with Gasteiger partial charge in [-0.05, 0) is 47.5 Å². The second-order valence-corrected chi connectivity index (χ2v) is 10.2. The van der Waals surface area contributed by atoms with E-state index in [1.54, 1.807) is 0 Å². The minimum atomic E-state index is -3.23. The molecule has 1 aliphatic heterocycles. The predicted octanol–water partition coefficient (Wildman–Crippen LogP) is 4.29. The number of nitrogens with one attached hydrogen (secondary N) is 1. The van der Waals surface area contributed by atoms with Crippen molar-refractivity contribution in [2.24, 2.45) is 0 Å². The Bertz CT molecular complexity index is 1170. The van der Waals surface area contributed by atoms with Crippen LogP contribution in [0.2, 0.25) is 0 Å². The van der Waals surface area contributed by atoms with Crippen LogP contribution in [0.3, 0.4) is 0 Å². The van der Waals surface area contributed by atoms with Crippen molar-refractivity contribution in [1.82, 2.24) is 4.31 Å². The fourth-order valence-electron chi connectivity index (χ4n) is 3.61. The van der Waals surface area contributed by atoms with Gasteiger partial charge < -0.3 is 5.32 Å². The highest BCUT2D eigenvalue weighted by Gasteiger charge is 2.25. The number of carbonyl (C=O) groups excluding carboxylic acids is 1. The third-order valence-corrected chi connectivity index (χ3v) is 7.35. The van der Waals surface area contributed by atoms with E-state index in [-0.39, 0.29) is 5.91 Å². The molecule has 0 aliphatic carbocycles. The van der Waals surface area contributed by atoms with E-state index in [1.807, 2.05) is 60.8 Å². The first-order valence-corrected chi connectivity index (χ1v) is 12.1. The number of nitrogens with zero attached hydrogens (tertiary/aromatic N) is 1. The van der Waals surface area contributed by atoms with Crippen LogP contribution in [0.5, 0.6) is 0 Å². The summed E-state index contributed by atoms with van der Waals surface area (Å²) < 4.78 is 25.2. The number of carbonyl (C=O) groups is 1. The maximum Gasteiger partial charge on any atom is 0.266 e. The fraction of sp³-hybridized carbons (Fsp3) is 0.227. The molecular weight excluding hydrogens is 404 g/mol.